The predicted molar refractivity (Wildman–Crippen MR) is 162 cm³/mol. The highest BCUT2D eigenvalue weighted by Gasteiger charge is 2.36. The van der Waals surface area contributed by atoms with Gasteiger partial charge in [-0.25, -0.2) is 22.5 Å². The molecule has 0 radical (unpaired) electrons. The third-order valence-electron chi connectivity index (χ3n) is 7.39. The van der Waals surface area contributed by atoms with Crippen molar-refractivity contribution in [2.24, 2.45) is 0 Å². The second-order valence-electron chi connectivity index (χ2n) is 10.0. The van der Waals surface area contributed by atoms with Crippen LogP contribution in [0.1, 0.15) is 36.1 Å². The number of rotatable bonds is 8. The Morgan fingerprint density at radius 2 is 2.07 bits per heavy atom. The fraction of sp³-hybridized carbons (Fsp3) is 0.296. The molecular formula is C27H27ClFN5O5S3. The number of thiazole rings is 1. The summed E-state index contributed by atoms with van der Waals surface area (Å²) >= 11 is 6.15. The van der Waals surface area contributed by atoms with Crippen molar-refractivity contribution in [2.45, 2.75) is 30.0 Å². The first-order valence-corrected chi connectivity index (χ1v) is 17.3. The second kappa shape index (κ2) is 11.4. The van der Waals surface area contributed by atoms with E-state index in [1.807, 2.05) is 6.07 Å². The quantitative estimate of drug-likeness (QED) is 0.156. The van der Waals surface area contributed by atoms with Crippen molar-refractivity contribution < 1.29 is 26.9 Å². The fourth-order valence-electron chi connectivity index (χ4n) is 5.50. The Balaban J connectivity index is 1.45. The highest BCUT2D eigenvalue weighted by molar-refractivity contribution is 7.92. The molecule has 0 amide bonds. The lowest BCUT2D eigenvalue weighted by atomic mass is 9.89. The first kappa shape index (κ1) is 29.4. The molecule has 1 aliphatic rings. The van der Waals surface area contributed by atoms with E-state index in [2.05, 4.69) is 15.0 Å². The van der Waals surface area contributed by atoms with Crippen molar-refractivity contribution in [3.05, 3.63) is 70.1 Å². The van der Waals surface area contributed by atoms with E-state index < -0.39 is 33.4 Å². The number of sulfonamides is 1. The zero-order valence-corrected chi connectivity index (χ0v) is 25.7. The fourth-order valence-corrected chi connectivity index (χ4v) is 8.91. The Morgan fingerprint density at radius 1 is 1.31 bits per heavy atom. The minimum atomic E-state index is -4.00. The van der Waals surface area contributed by atoms with Gasteiger partial charge in [0.05, 0.1) is 17.0 Å². The number of nitrogens with zero attached hydrogens (tertiary/aromatic N) is 3. The number of imidazole rings is 1. The van der Waals surface area contributed by atoms with Gasteiger partial charge in [0.15, 0.2) is 15.1 Å². The summed E-state index contributed by atoms with van der Waals surface area (Å²) in [4.78, 5) is 4.68. The third-order valence-corrected chi connectivity index (χ3v) is 10.9. The normalized spacial score (nSPS) is 18.1. The van der Waals surface area contributed by atoms with Gasteiger partial charge in [-0.1, -0.05) is 11.6 Å². The summed E-state index contributed by atoms with van der Waals surface area (Å²) in [6.07, 6.45) is 3.27. The lowest BCUT2D eigenvalue weighted by Gasteiger charge is -2.32. The molecule has 4 heterocycles. The third kappa shape index (κ3) is 5.19. The van der Waals surface area contributed by atoms with Crippen LogP contribution in [0.2, 0.25) is 5.15 Å². The Morgan fingerprint density at radius 3 is 2.79 bits per heavy atom. The number of anilines is 1. The van der Waals surface area contributed by atoms with E-state index in [1.165, 1.54) is 38.4 Å². The molecule has 3 aromatic heterocycles. The van der Waals surface area contributed by atoms with Gasteiger partial charge >= 0.3 is 0 Å². The van der Waals surface area contributed by atoms with Gasteiger partial charge in [-0.05, 0) is 61.7 Å². The van der Waals surface area contributed by atoms with E-state index in [-0.39, 0.29) is 22.6 Å². The summed E-state index contributed by atoms with van der Waals surface area (Å²) in [6.45, 7) is 0.459. The molecule has 222 valence electrons. The molecule has 0 saturated carbocycles. The molecule has 3 N–H and O–H groups in total. The van der Waals surface area contributed by atoms with Crippen LogP contribution in [-0.4, -0.2) is 58.2 Å². The van der Waals surface area contributed by atoms with E-state index in [1.54, 1.807) is 36.8 Å². The molecular weight excluding hydrogens is 625 g/mol. The summed E-state index contributed by atoms with van der Waals surface area (Å²) in [5.41, 5.74) is 2.70. The number of benzene rings is 2. The highest BCUT2D eigenvalue weighted by Crippen LogP contribution is 2.43. The van der Waals surface area contributed by atoms with E-state index in [0.717, 1.165) is 5.56 Å². The Bertz CT molecular complexity index is 1870. The number of hydrogen-bond donors (Lipinski definition) is 3. The summed E-state index contributed by atoms with van der Waals surface area (Å²) in [7, 11) is -2.40. The first-order chi connectivity index (χ1) is 20.1. The predicted octanol–water partition coefficient (Wildman–Crippen LogP) is 5.09. The van der Waals surface area contributed by atoms with E-state index in [0.29, 0.717) is 57.9 Å². The maximum absolute atomic E-state index is 13.8. The summed E-state index contributed by atoms with van der Waals surface area (Å²) in [5.74, 6) is -0.327. The van der Waals surface area contributed by atoms with Crippen molar-refractivity contribution in [1.29, 1.82) is 0 Å². The molecule has 1 aliphatic heterocycles. The number of nitrogens with one attached hydrogen (secondary N) is 2. The highest BCUT2D eigenvalue weighted by atomic mass is 35.5. The van der Waals surface area contributed by atoms with Gasteiger partial charge in [-0.2, -0.15) is 4.31 Å². The lowest BCUT2D eigenvalue weighted by molar-refractivity contribution is 0.150. The van der Waals surface area contributed by atoms with Crippen molar-refractivity contribution >= 4 is 65.9 Å². The molecule has 1 saturated heterocycles. The Hall–Kier alpha value is -2.69. The molecule has 0 spiro atoms. The number of furan rings is 1. The Labute approximate surface area is 253 Å². The van der Waals surface area contributed by atoms with Crippen molar-refractivity contribution in [1.82, 2.24) is 19.0 Å². The van der Waals surface area contributed by atoms with Gasteiger partial charge in [0.25, 0.3) is 10.0 Å². The molecule has 0 aliphatic carbocycles. The van der Waals surface area contributed by atoms with Crippen LogP contribution in [0.15, 0.2) is 57.4 Å². The Kier molecular flexibility index (Phi) is 8.00. The molecule has 0 unspecified atom stereocenters. The SMILES string of the molecule is CN[C@H](O)c1c(-c2ccc(F)cc2)oc2cc(N[S@+](C)[O-])c([C@H]3CCCN(S(=O)(=O)c4c(Cl)nc5sccn45)C3)cc12. The largest absolute Gasteiger partial charge is 0.593 e. The zero-order chi connectivity index (χ0) is 29.8. The second-order valence-corrected chi connectivity index (χ2v) is 14.2. The average Bonchev–Trinajstić information content (AvgIpc) is 3.64. The zero-order valence-electron chi connectivity index (χ0n) is 22.5. The molecule has 6 rings (SSSR count). The van der Waals surface area contributed by atoms with Crippen LogP contribution in [-0.2, 0) is 21.4 Å². The van der Waals surface area contributed by atoms with E-state index >= 15 is 0 Å². The molecule has 15 heteroatoms. The molecule has 42 heavy (non-hydrogen) atoms. The van der Waals surface area contributed by atoms with Crippen molar-refractivity contribution in [3.8, 4) is 11.3 Å². The van der Waals surface area contributed by atoms with Crippen LogP contribution < -0.4 is 10.0 Å². The summed E-state index contributed by atoms with van der Waals surface area (Å²) < 4.78 is 65.7. The van der Waals surface area contributed by atoms with Crippen LogP contribution in [0.25, 0.3) is 27.3 Å². The van der Waals surface area contributed by atoms with Gasteiger partial charge in [0, 0.05) is 47.2 Å². The molecule has 1 fully saturated rings. The summed E-state index contributed by atoms with van der Waals surface area (Å²) in [6, 6.07) is 9.31. The van der Waals surface area contributed by atoms with Crippen molar-refractivity contribution in [2.75, 3.05) is 31.1 Å². The maximum Gasteiger partial charge on any atom is 0.262 e. The van der Waals surface area contributed by atoms with Crippen LogP contribution >= 0.6 is 22.9 Å². The van der Waals surface area contributed by atoms with E-state index in [4.69, 9.17) is 16.0 Å². The number of halogens is 2. The van der Waals surface area contributed by atoms with Crippen LogP contribution in [0.4, 0.5) is 10.1 Å². The smallest absolute Gasteiger partial charge is 0.262 e. The average molecular weight is 652 g/mol. The minimum absolute atomic E-state index is 0.0669. The topological polar surface area (TPSA) is 135 Å². The van der Waals surface area contributed by atoms with Crippen LogP contribution in [0.3, 0.4) is 0 Å². The molecule has 10 nitrogen and oxygen atoms in total. The standard InChI is InChI=1S/C27H27ClFN5O5S3/c1-30-25(35)22-19-12-18(20(32-41(2)36)13-21(19)39-23(22)15-5-7-17(29)8-6-15)16-4-3-9-33(14-16)42(37,38)26-24(28)31-27-34(26)10-11-40-27/h5-8,10-13,16,25,30,32,35H,3-4,9,14H2,1-2H3/t16-,25+,41-/m0/s1. The number of aliphatic hydroxyl groups excluding tert-OH is 1. The minimum Gasteiger partial charge on any atom is -0.593 e. The maximum atomic E-state index is 13.8. The van der Waals surface area contributed by atoms with Crippen LogP contribution in [0.5, 0.6) is 0 Å². The molecule has 0 bridgehead atoms. The van der Waals surface area contributed by atoms with Crippen LogP contribution in [0, 0.1) is 5.82 Å². The van der Waals surface area contributed by atoms with Gasteiger partial charge < -0.3 is 14.1 Å². The van der Waals surface area contributed by atoms with Gasteiger partial charge in [-0.3, -0.25) is 9.72 Å². The monoisotopic (exact) mass is 651 g/mol. The van der Waals surface area contributed by atoms with Gasteiger partial charge in [0.2, 0.25) is 0 Å². The first-order valence-electron chi connectivity index (χ1n) is 13.0. The van der Waals surface area contributed by atoms with Gasteiger partial charge in [0.1, 0.15) is 29.6 Å². The number of hydrogen-bond acceptors (Lipinski definition) is 9. The number of fused-ring (bicyclic) bond motifs is 2. The number of aromatic nitrogens is 2. The van der Waals surface area contributed by atoms with Crippen molar-refractivity contribution in [3.63, 3.8) is 0 Å². The molecule has 5 aromatic rings. The van der Waals surface area contributed by atoms with E-state index in [9.17, 15) is 22.5 Å². The van der Waals surface area contributed by atoms with Gasteiger partial charge in [-0.15, -0.1) is 11.3 Å². The molecule has 2 aromatic carbocycles. The molecule has 3 atom stereocenters. The lowest BCUT2D eigenvalue weighted by Crippen LogP contribution is -2.39. The number of piperidine rings is 1. The summed E-state index contributed by atoms with van der Waals surface area (Å²) in [5, 5.41) is 16.0. The number of aliphatic hydroxyl groups is 1.